The molecule has 2 N–H and O–H groups in total. The number of aromatic nitrogens is 2. The number of alkyl halides is 3. The molecule has 2 rings (SSSR count). The van der Waals surface area contributed by atoms with Gasteiger partial charge in [-0.25, -0.2) is 14.8 Å². The third-order valence-corrected chi connectivity index (χ3v) is 2.38. The van der Waals surface area contributed by atoms with Crippen molar-refractivity contribution in [2.45, 2.75) is 6.18 Å². The molecule has 1 aromatic heterocycles. The zero-order valence-corrected chi connectivity index (χ0v) is 11.3. The second-order valence-electron chi connectivity index (χ2n) is 4.02. The number of carbonyl (C=O) groups is 1. The molecular formula is C13H9F3N4O3. The van der Waals surface area contributed by atoms with E-state index in [1.54, 1.807) is 18.2 Å². The molecule has 7 nitrogen and oxygen atoms in total. The highest BCUT2D eigenvalue weighted by Crippen LogP contribution is 2.27. The first-order chi connectivity index (χ1) is 10.9. The van der Waals surface area contributed by atoms with E-state index < -0.39 is 23.9 Å². The number of oxime groups is 1. The quantitative estimate of drug-likeness (QED) is 0.232. The Balaban J connectivity index is 2.04. The summed E-state index contributed by atoms with van der Waals surface area (Å²) in [7, 11) is 0. The fourth-order valence-electron chi connectivity index (χ4n) is 1.39. The Labute approximate surface area is 127 Å². The molecule has 0 radical (unpaired) electrons. The van der Waals surface area contributed by atoms with Gasteiger partial charge in [0.2, 0.25) is 0 Å². The first-order valence-electron chi connectivity index (χ1n) is 6.03. The molecule has 0 fully saturated rings. The normalized spacial score (nSPS) is 11.9. The summed E-state index contributed by atoms with van der Waals surface area (Å²) in [6.45, 7) is 0. The zero-order chi connectivity index (χ0) is 16.9. The van der Waals surface area contributed by atoms with Crippen LogP contribution in [0.4, 0.5) is 18.0 Å². The molecule has 1 heterocycles. The summed E-state index contributed by atoms with van der Waals surface area (Å²) >= 11 is 0. The minimum atomic E-state index is -4.66. The molecule has 0 saturated heterocycles. The summed E-state index contributed by atoms with van der Waals surface area (Å²) in [6, 6.07) is 8.52. The molecule has 0 aliphatic heterocycles. The van der Waals surface area contributed by atoms with Gasteiger partial charge < -0.3 is 10.5 Å². The molecule has 0 aliphatic rings. The molecule has 0 bridgehead atoms. The molecule has 0 saturated carbocycles. The molecule has 0 spiro atoms. The average Bonchev–Trinajstić information content (AvgIpc) is 2.53. The number of hydrogen-bond donors (Lipinski definition) is 1. The van der Waals surface area contributed by atoms with Crippen molar-refractivity contribution in [3.05, 3.63) is 54.1 Å². The van der Waals surface area contributed by atoms with Gasteiger partial charge in [-0.3, -0.25) is 4.84 Å². The van der Waals surface area contributed by atoms with E-state index in [-0.39, 0.29) is 11.4 Å². The summed E-state index contributed by atoms with van der Waals surface area (Å²) in [5.41, 5.74) is 3.86. The first-order valence-corrected chi connectivity index (χ1v) is 6.03. The number of nitrogens with two attached hydrogens (primary N) is 1. The number of hydrogen-bond acceptors (Lipinski definition) is 6. The predicted octanol–water partition coefficient (Wildman–Crippen LogP) is 2.33. The van der Waals surface area contributed by atoms with Crippen LogP contribution >= 0.6 is 0 Å². The number of rotatable bonds is 3. The fraction of sp³-hybridized carbons (Fsp3) is 0.0769. The van der Waals surface area contributed by atoms with Crippen LogP contribution in [0.5, 0.6) is 5.75 Å². The highest BCUT2D eigenvalue weighted by atomic mass is 19.4. The van der Waals surface area contributed by atoms with E-state index >= 15 is 0 Å². The minimum absolute atomic E-state index is 0.202. The standard InChI is InChI=1S/C13H9F3N4O3/c14-13(15,16)10-6-9(18-7-19-10)11(17)20-23-12(21)22-8-4-2-1-3-5-8/h1-7H,(H2,17,20). The third kappa shape index (κ3) is 4.66. The summed E-state index contributed by atoms with van der Waals surface area (Å²) in [6.07, 6.45) is -5.20. The van der Waals surface area contributed by atoms with E-state index in [1.165, 1.54) is 12.1 Å². The Morgan fingerprint density at radius 3 is 2.52 bits per heavy atom. The van der Waals surface area contributed by atoms with Gasteiger partial charge in [-0.1, -0.05) is 23.4 Å². The number of benzene rings is 1. The van der Waals surface area contributed by atoms with Crippen LogP contribution in [-0.4, -0.2) is 22.0 Å². The molecule has 10 heteroatoms. The van der Waals surface area contributed by atoms with Crippen LogP contribution in [0.2, 0.25) is 0 Å². The molecule has 0 amide bonds. The molecular weight excluding hydrogens is 317 g/mol. The van der Waals surface area contributed by atoms with Crippen LogP contribution in [-0.2, 0) is 11.0 Å². The van der Waals surface area contributed by atoms with Crippen molar-refractivity contribution in [2.75, 3.05) is 0 Å². The van der Waals surface area contributed by atoms with Gasteiger partial charge in [-0.2, -0.15) is 13.2 Å². The SMILES string of the molecule is NC(=NOC(=O)Oc1ccccc1)c1cc(C(F)(F)F)ncn1. The summed E-state index contributed by atoms with van der Waals surface area (Å²) in [5, 5.41) is 3.18. The minimum Gasteiger partial charge on any atom is -0.393 e. The van der Waals surface area contributed by atoms with Crippen LogP contribution in [0.1, 0.15) is 11.4 Å². The lowest BCUT2D eigenvalue weighted by Gasteiger charge is -2.06. The van der Waals surface area contributed by atoms with E-state index in [9.17, 15) is 18.0 Å². The van der Waals surface area contributed by atoms with Crippen molar-refractivity contribution in [2.24, 2.45) is 10.9 Å². The molecule has 0 unspecified atom stereocenters. The smallest absolute Gasteiger partial charge is 0.393 e. The Bertz CT molecular complexity index is 720. The number of para-hydroxylation sites is 1. The van der Waals surface area contributed by atoms with Gasteiger partial charge in [0.05, 0.1) is 0 Å². The lowest BCUT2D eigenvalue weighted by atomic mass is 10.3. The first kappa shape index (κ1) is 16.2. The summed E-state index contributed by atoms with van der Waals surface area (Å²) < 4.78 is 42.3. The van der Waals surface area contributed by atoms with Gasteiger partial charge in [-0.05, 0) is 18.2 Å². The maximum absolute atomic E-state index is 12.5. The highest BCUT2D eigenvalue weighted by molar-refractivity contribution is 5.95. The van der Waals surface area contributed by atoms with Crippen LogP contribution < -0.4 is 10.5 Å². The zero-order valence-electron chi connectivity index (χ0n) is 11.3. The number of halogens is 3. The third-order valence-electron chi connectivity index (χ3n) is 2.38. The van der Waals surface area contributed by atoms with E-state index in [1.807, 2.05) is 0 Å². The number of nitrogens with zero attached hydrogens (tertiary/aromatic N) is 3. The molecule has 2 aromatic rings. The van der Waals surface area contributed by atoms with Crippen molar-refractivity contribution in [3.63, 3.8) is 0 Å². The lowest BCUT2D eigenvalue weighted by Crippen LogP contribution is -2.19. The maximum atomic E-state index is 12.5. The van der Waals surface area contributed by atoms with Crippen molar-refractivity contribution in [1.29, 1.82) is 0 Å². The van der Waals surface area contributed by atoms with Crippen molar-refractivity contribution >= 4 is 12.0 Å². The Morgan fingerprint density at radius 2 is 1.87 bits per heavy atom. The van der Waals surface area contributed by atoms with Crippen LogP contribution in [0.3, 0.4) is 0 Å². The summed E-state index contributed by atoms with van der Waals surface area (Å²) in [4.78, 5) is 22.3. The number of carbonyl (C=O) groups excluding carboxylic acids is 1. The fourth-order valence-corrected chi connectivity index (χ4v) is 1.39. The van der Waals surface area contributed by atoms with Gasteiger partial charge in [0.1, 0.15) is 23.5 Å². The maximum Gasteiger partial charge on any atom is 0.540 e. The summed E-state index contributed by atoms with van der Waals surface area (Å²) in [5.74, 6) is -0.337. The molecule has 23 heavy (non-hydrogen) atoms. The van der Waals surface area contributed by atoms with Crippen molar-refractivity contribution < 1.29 is 27.5 Å². The van der Waals surface area contributed by atoms with Gasteiger partial charge in [-0.15, -0.1) is 0 Å². The van der Waals surface area contributed by atoms with E-state index in [4.69, 9.17) is 10.5 Å². The van der Waals surface area contributed by atoms with Crippen LogP contribution in [0, 0.1) is 0 Å². The molecule has 0 atom stereocenters. The second-order valence-corrected chi connectivity index (χ2v) is 4.02. The van der Waals surface area contributed by atoms with Crippen molar-refractivity contribution in [1.82, 2.24) is 9.97 Å². The largest absolute Gasteiger partial charge is 0.540 e. The predicted molar refractivity (Wildman–Crippen MR) is 71.3 cm³/mol. The second kappa shape index (κ2) is 6.73. The number of amidine groups is 1. The molecule has 0 aliphatic carbocycles. The van der Waals surface area contributed by atoms with E-state index in [0.717, 1.165) is 0 Å². The Morgan fingerprint density at radius 1 is 1.17 bits per heavy atom. The van der Waals surface area contributed by atoms with Crippen LogP contribution in [0.15, 0.2) is 47.9 Å². The van der Waals surface area contributed by atoms with Gasteiger partial charge in [0.25, 0.3) is 0 Å². The van der Waals surface area contributed by atoms with Gasteiger partial charge >= 0.3 is 12.3 Å². The number of ether oxygens (including phenoxy) is 1. The van der Waals surface area contributed by atoms with Crippen molar-refractivity contribution in [3.8, 4) is 5.75 Å². The van der Waals surface area contributed by atoms with Crippen LogP contribution in [0.25, 0.3) is 0 Å². The molecule has 120 valence electrons. The average molecular weight is 326 g/mol. The topological polar surface area (TPSA) is 99.7 Å². The van der Waals surface area contributed by atoms with Gasteiger partial charge in [0.15, 0.2) is 5.84 Å². The Kier molecular flexibility index (Phi) is 4.74. The lowest BCUT2D eigenvalue weighted by molar-refractivity contribution is -0.141. The molecule has 1 aromatic carbocycles. The monoisotopic (exact) mass is 326 g/mol. The van der Waals surface area contributed by atoms with E-state index in [2.05, 4.69) is 20.0 Å². The van der Waals surface area contributed by atoms with Gasteiger partial charge in [0, 0.05) is 0 Å². The van der Waals surface area contributed by atoms with E-state index in [0.29, 0.717) is 12.4 Å². The highest BCUT2D eigenvalue weighted by Gasteiger charge is 2.33. The Hall–Kier alpha value is -3.17.